The Bertz CT molecular complexity index is 874. The maximum atomic E-state index is 12.2. The second-order valence-electron chi connectivity index (χ2n) is 4.73. The summed E-state index contributed by atoms with van der Waals surface area (Å²) in [5.41, 5.74) is 1.25. The summed E-state index contributed by atoms with van der Waals surface area (Å²) in [6, 6.07) is 15.4. The van der Waals surface area contributed by atoms with E-state index in [2.05, 4.69) is 5.32 Å². The van der Waals surface area contributed by atoms with Crippen LogP contribution in [0.2, 0.25) is 15.1 Å². The van der Waals surface area contributed by atoms with Gasteiger partial charge in [0.05, 0.1) is 20.8 Å². The molecule has 1 heterocycles. The van der Waals surface area contributed by atoms with Crippen LogP contribution in [0, 0.1) is 0 Å². The van der Waals surface area contributed by atoms with Crippen molar-refractivity contribution in [2.24, 2.45) is 0 Å². The Morgan fingerprint density at radius 1 is 0.870 bits per heavy atom. The molecule has 0 fully saturated rings. The van der Waals surface area contributed by atoms with Gasteiger partial charge in [-0.3, -0.25) is 4.79 Å². The minimum atomic E-state index is -0.385. The van der Waals surface area contributed by atoms with E-state index in [0.29, 0.717) is 26.5 Å². The van der Waals surface area contributed by atoms with Gasteiger partial charge in [-0.05, 0) is 42.5 Å². The van der Waals surface area contributed by atoms with Crippen LogP contribution in [0.15, 0.2) is 59.0 Å². The van der Waals surface area contributed by atoms with Crippen LogP contribution in [0.4, 0.5) is 5.69 Å². The molecule has 0 saturated carbocycles. The van der Waals surface area contributed by atoms with Gasteiger partial charge in [0.1, 0.15) is 5.76 Å². The highest BCUT2D eigenvalue weighted by Crippen LogP contribution is 2.30. The molecule has 0 atom stereocenters. The lowest BCUT2D eigenvalue weighted by Gasteiger charge is -2.05. The van der Waals surface area contributed by atoms with E-state index in [1.54, 1.807) is 54.6 Å². The number of halogens is 3. The zero-order valence-corrected chi connectivity index (χ0v) is 13.9. The average molecular weight is 367 g/mol. The predicted octanol–water partition coefficient (Wildman–Crippen LogP) is 6.16. The molecule has 23 heavy (non-hydrogen) atoms. The molecule has 0 aliphatic heterocycles. The molecule has 0 unspecified atom stereocenters. The van der Waals surface area contributed by atoms with E-state index < -0.39 is 0 Å². The first kappa shape index (κ1) is 15.9. The van der Waals surface area contributed by atoms with Gasteiger partial charge in [0, 0.05) is 5.56 Å². The molecule has 0 saturated heterocycles. The highest BCUT2D eigenvalue weighted by molar-refractivity contribution is 6.42. The van der Waals surface area contributed by atoms with Gasteiger partial charge in [-0.1, -0.05) is 46.9 Å². The molecule has 0 bridgehead atoms. The minimum absolute atomic E-state index is 0.172. The molecule has 3 rings (SSSR count). The fourth-order valence-electron chi connectivity index (χ4n) is 2.01. The molecule has 0 aliphatic carbocycles. The maximum Gasteiger partial charge on any atom is 0.291 e. The third-order valence-corrected chi connectivity index (χ3v) is 4.22. The van der Waals surface area contributed by atoms with Crippen LogP contribution < -0.4 is 5.32 Å². The van der Waals surface area contributed by atoms with Gasteiger partial charge in [-0.25, -0.2) is 0 Å². The molecule has 0 radical (unpaired) electrons. The number of anilines is 1. The molecular formula is C17H10Cl3NO2. The van der Waals surface area contributed by atoms with Crippen molar-refractivity contribution in [3.63, 3.8) is 0 Å². The smallest absolute Gasteiger partial charge is 0.291 e. The van der Waals surface area contributed by atoms with Crippen LogP contribution in [0.5, 0.6) is 0 Å². The number of hydrogen-bond donors (Lipinski definition) is 1. The Hall–Kier alpha value is -1.94. The van der Waals surface area contributed by atoms with E-state index in [9.17, 15) is 4.79 Å². The van der Waals surface area contributed by atoms with Crippen LogP contribution in [0.1, 0.15) is 10.6 Å². The molecule has 1 N–H and O–H groups in total. The third kappa shape index (κ3) is 3.53. The van der Waals surface area contributed by atoms with Crippen LogP contribution in [0.3, 0.4) is 0 Å². The van der Waals surface area contributed by atoms with Gasteiger partial charge < -0.3 is 9.73 Å². The van der Waals surface area contributed by atoms with Gasteiger partial charge in [0.25, 0.3) is 5.91 Å². The summed E-state index contributed by atoms with van der Waals surface area (Å²) < 4.78 is 5.58. The van der Waals surface area contributed by atoms with Crippen molar-refractivity contribution in [1.82, 2.24) is 0 Å². The number of para-hydroxylation sites is 1. The summed E-state index contributed by atoms with van der Waals surface area (Å²) in [5.74, 6) is 0.309. The zero-order valence-electron chi connectivity index (χ0n) is 11.6. The minimum Gasteiger partial charge on any atom is -0.451 e. The summed E-state index contributed by atoms with van der Waals surface area (Å²) in [4.78, 5) is 12.2. The Balaban J connectivity index is 1.82. The van der Waals surface area contributed by atoms with E-state index in [1.807, 2.05) is 0 Å². The largest absolute Gasteiger partial charge is 0.451 e. The van der Waals surface area contributed by atoms with Crippen LogP contribution in [0.25, 0.3) is 11.3 Å². The lowest BCUT2D eigenvalue weighted by molar-refractivity contribution is 0.0997. The molecular weight excluding hydrogens is 357 g/mol. The van der Waals surface area contributed by atoms with E-state index in [4.69, 9.17) is 39.2 Å². The second-order valence-corrected chi connectivity index (χ2v) is 5.95. The van der Waals surface area contributed by atoms with Gasteiger partial charge in [-0.2, -0.15) is 0 Å². The first-order chi connectivity index (χ1) is 11.0. The predicted molar refractivity (Wildman–Crippen MR) is 93.6 cm³/mol. The number of benzene rings is 2. The summed E-state index contributed by atoms with van der Waals surface area (Å²) in [5, 5.41) is 4.03. The van der Waals surface area contributed by atoms with Crippen molar-refractivity contribution >= 4 is 46.4 Å². The Labute approximate surface area is 147 Å². The van der Waals surface area contributed by atoms with E-state index >= 15 is 0 Å². The van der Waals surface area contributed by atoms with Crippen LogP contribution in [-0.4, -0.2) is 5.91 Å². The molecule has 3 nitrogen and oxygen atoms in total. The first-order valence-electron chi connectivity index (χ1n) is 6.66. The standard InChI is InChI=1S/C17H10Cl3NO2/c18-11-6-5-10(9-13(11)20)15-7-8-16(23-15)17(22)21-14-4-2-1-3-12(14)19/h1-9H,(H,21,22). The SMILES string of the molecule is O=C(Nc1ccccc1Cl)c1ccc(-c2ccc(Cl)c(Cl)c2)o1. The third-order valence-electron chi connectivity index (χ3n) is 3.16. The van der Waals surface area contributed by atoms with Crippen LogP contribution in [-0.2, 0) is 0 Å². The van der Waals surface area contributed by atoms with Crippen molar-refractivity contribution in [3.05, 3.63) is 75.4 Å². The lowest BCUT2D eigenvalue weighted by Crippen LogP contribution is -2.11. The molecule has 116 valence electrons. The normalized spacial score (nSPS) is 10.6. The number of carbonyl (C=O) groups is 1. The van der Waals surface area contributed by atoms with Crippen LogP contribution >= 0.6 is 34.8 Å². The molecule has 0 aliphatic rings. The molecule has 1 aromatic heterocycles. The fourth-order valence-corrected chi connectivity index (χ4v) is 2.49. The van der Waals surface area contributed by atoms with Gasteiger partial charge in [-0.15, -0.1) is 0 Å². The highest BCUT2D eigenvalue weighted by atomic mass is 35.5. The van der Waals surface area contributed by atoms with E-state index in [-0.39, 0.29) is 11.7 Å². The second kappa shape index (κ2) is 6.67. The fraction of sp³-hybridized carbons (Fsp3) is 0. The number of hydrogen-bond acceptors (Lipinski definition) is 2. The Morgan fingerprint density at radius 2 is 1.65 bits per heavy atom. The molecule has 0 spiro atoms. The number of furan rings is 1. The Morgan fingerprint density at radius 3 is 2.39 bits per heavy atom. The number of carbonyl (C=O) groups excluding carboxylic acids is 1. The molecule has 2 aromatic carbocycles. The van der Waals surface area contributed by atoms with Gasteiger partial charge in [0.15, 0.2) is 5.76 Å². The monoisotopic (exact) mass is 365 g/mol. The number of nitrogens with one attached hydrogen (secondary N) is 1. The summed E-state index contributed by atoms with van der Waals surface area (Å²) >= 11 is 17.9. The zero-order chi connectivity index (χ0) is 16.4. The number of amides is 1. The highest BCUT2D eigenvalue weighted by Gasteiger charge is 2.14. The van der Waals surface area contributed by atoms with Crippen molar-refractivity contribution in [2.75, 3.05) is 5.32 Å². The van der Waals surface area contributed by atoms with Crippen molar-refractivity contribution in [2.45, 2.75) is 0 Å². The van der Waals surface area contributed by atoms with Gasteiger partial charge in [0.2, 0.25) is 0 Å². The Kier molecular flexibility index (Phi) is 4.62. The average Bonchev–Trinajstić information content (AvgIpc) is 3.02. The van der Waals surface area contributed by atoms with E-state index in [0.717, 1.165) is 5.56 Å². The van der Waals surface area contributed by atoms with Crippen molar-refractivity contribution < 1.29 is 9.21 Å². The topological polar surface area (TPSA) is 42.2 Å². The summed E-state index contributed by atoms with van der Waals surface area (Å²) in [7, 11) is 0. The van der Waals surface area contributed by atoms with E-state index in [1.165, 1.54) is 0 Å². The summed E-state index contributed by atoms with van der Waals surface area (Å²) in [6.07, 6.45) is 0. The summed E-state index contributed by atoms with van der Waals surface area (Å²) in [6.45, 7) is 0. The quantitative estimate of drug-likeness (QED) is 0.603. The molecule has 1 amide bonds. The first-order valence-corrected chi connectivity index (χ1v) is 7.79. The van der Waals surface area contributed by atoms with Gasteiger partial charge >= 0.3 is 0 Å². The molecule has 6 heteroatoms. The van der Waals surface area contributed by atoms with Crippen molar-refractivity contribution in [3.8, 4) is 11.3 Å². The maximum absolute atomic E-state index is 12.2. The number of rotatable bonds is 3. The molecule has 3 aromatic rings. The lowest BCUT2D eigenvalue weighted by atomic mass is 10.2. The van der Waals surface area contributed by atoms with Crippen molar-refractivity contribution in [1.29, 1.82) is 0 Å².